The fraction of sp³-hybridized carbons (Fsp3) is 0.429. The third-order valence-corrected chi connectivity index (χ3v) is 7.85. The molecule has 2 aromatic carbocycles. The fourth-order valence-electron chi connectivity index (χ4n) is 5.67. The van der Waals surface area contributed by atoms with Crippen molar-refractivity contribution in [1.29, 1.82) is 0 Å². The van der Waals surface area contributed by atoms with Gasteiger partial charge < -0.3 is 24.8 Å². The summed E-state index contributed by atoms with van der Waals surface area (Å²) in [7, 11) is 2.07. The Kier molecular flexibility index (Phi) is 6.14. The second-order valence-electron chi connectivity index (χ2n) is 10.4. The number of carbonyl (C=O) groups excluding carboxylic acids is 1. The number of para-hydroxylation sites is 1. The first kappa shape index (κ1) is 24.0. The van der Waals surface area contributed by atoms with E-state index in [2.05, 4.69) is 33.7 Å². The van der Waals surface area contributed by atoms with Crippen LogP contribution in [0.2, 0.25) is 0 Å². The van der Waals surface area contributed by atoms with Crippen molar-refractivity contribution < 1.29 is 19.4 Å². The van der Waals surface area contributed by atoms with Crippen molar-refractivity contribution in [2.75, 3.05) is 38.7 Å². The number of aromatic nitrogens is 2. The number of benzene rings is 2. The number of ether oxygens (including phenoxy) is 2. The Bertz CT molecular complexity index is 1290. The van der Waals surface area contributed by atoms with Gasteiger partial charge in [0, 0.05) is 18.5 Å². The molecule has 1 aliphatic heterocycles. The minimum Gasteiger partial charge on any atom is -0.474 e. The molecule has 3 aromatic rings. The van der Waals surface area contributed by atoms with Crippen molar-refractivity contribution in [3.63, 3.8) is 0 Å². The first-order valence-corrected chi connectivity index (χ1v) is 12.9. The van der Waals surface area contributed by atoms with Gasteiger partial charge in [-0.05, 0) is 50.1 Å². The Morgan fingerprint density at radius 1 is 1.19 bits per heavy atom. The Morgan fingerprint density at radius 3 is 2.70 bits per heavy atom. The van der Waals surface area contributed by atoms with Crippen molar-refractivity contribution in [3.8, 4) is 11.6 Å². The normalized spacial score (nSPS) is 24.0. The molecule has 2 amide bonds. The number of likely N-dealkylation sites (N-methyl/N-ethyl adjacent to an activating group) is 1. The van der Waals surface area contributed by atoms with Gasteiger partial charge in [-0.25, -0.2) is 9.48 Å². The minimum atomic E-state index is -0.650. The summed E-state index contributed by atoms with van der Waals surface area (Å²) in [5.41, 5.74) is 3.41. The van der Waals surface area contributed by atoms with Crippen LogP contribution in [-0.4, -0.2) is 71.4 Å². The summed E-state index contributed by atoms with van der Waals surface area (Å²) >= 11 is 0. The van der Waals surface area contributed by atoms with E-state index in [-0.39, 0.29) is 11.5 Å². The van der Waals surface area contributed by atoms with Gasteiger partial charge in [0.15, 0.2) is 0 Å². The maximum absolute atomic E-state index is 13.3. The molecular formula is C28H33N5O4. The number of nitrogens with zero attached hydrogens (tertiary/aromatic N) is 3. The maximum atomic E-state index is 13.3. The highest BCUT2D eigenvalue weighted by atomic mass is 16.5. The topological polar surface area (TPSA) is 101 Å². The first-order valence-electron chi connectivity index (χ1n) is 12.9. The Hall–Kier alpha value is -3.40. The highest BCUT2D eigenvalue weighted by molar-refractivity contribution is 5.90. The van der Waals surface area contributed by atoms with E-state index in [1.165, 1.54) is 0 Å². The SMILES string of the molecule is Cc1c(OC[C@H]2CN(C)CCO2)nn(-c2ccccc2)c1NC(=O)N[C@@H]1c2ccccc2C2(CC2)C1O. The van der Waals surface area contributed by atoms with Crippen LogP contribution in [0, 0.1) is 6.92 Å². The molecule has 3 aliphatic rings. The van der Waals surface area contributed by atoms with Gasteiger partial charge in [0.2, 0.25) is 5.88 Å². The van der Waals surface area contributed by atoms with Gasteiger partial charge in [0.1, 0.15) is 18.5 Å². The third kappa shape index (κ3) is 4.37. The third-order valence-electron chi connectivity index (χ3n) is 7.85. The number of nitrogens with one attached hydrogen (secondary N) is 2. The number of aliphatic hydroxyl groups is 1. The monoisotopic (exact) mass is 503 g/mol. The second-order valence-corrected chi connectivity index (χ2v) is 10.4. The Labute approximate surface area is 216 Å². The summed E-state index contributed by atoms with van der Waals surface area (Å²) in [6.45, 7) is 4.62. The molecule has 194 valence electrons. The van der Waals surface area contributed by atoms with Crippen LogP contribution in [0.1, 0.15) is 35.6 Å². The molecule has 3 N–H and O–H groups in total. The zero-order valence-electron chi connectivity index (χ0n) is 21.2. The number of hydrogen-bond donors (Lipinski definition) is 3. The summed E-state index contributed by atoms with van der Waals surface area (Å²) in [6, 6.07) is 16.7. The molecule has 9 heteroatoms. The average molecular weight is 504 g/mol. The lowest BCUT2D eigenvalue weighted by molar-refractivity contribution is -0.0411. The quantitative estimate of drug-likeness (QED) is 0.478. The standard InChI is InChI=1S/C28H33N5O4/c1-18-25(30-27(35)29-23-21-10-6-7-11-22(21)28(12-13-28)24(23)34)33(19-8-4-3-5-9-19)31-26(18)37-17-20-16-32(2)14-15-36-20/h3-11,20,23-24,34H,12-17H2,1-2H3,(H2,29,30,35)/t20-,23-,24?/m1/s1. The van der Waals surface area contributed by atoms with E-state index in [1.54, 1.807) is 4.68 Å². The van der Waals surface area contributed by atoms with E-state index in [0.29, 0.717) is 30.5 Å². The number of hydrogen-bond acceptors (Lipinski definition) is 6. The minimum absolute atomic E-state index is 0.0431. The summed E-state index contributed by atoms with van der Waals surface area (Å²) in [4.78, 5) is 15.5. The summed E-state index contributed by atoms with van der Waals surface area (Å²) in [6.07, 6.45) is 1.18. The Balaban J connectivity index is 1.23. The molecule has 1 saturated heterocycles. The molecule has 6 rings (SSSR count). The van der Waals surface area contributed by atoms with E-state index in [4.69, 9.17) is 9.47 Å². The molecule has 1 aromatic heterocycles. The average Bonchev–Trinajstić information content (AvgIpc) is 3.62. The highest BCUT2D eigenvalue weighted by Gasteiger charge is 2.59. The lowest BCUT2D eigenvalue weighted by atomic mass is 9.97. The number of urea groups is 1. The zero-order valence-corrected chi connectivity index (χ0v) is 21.2. The van der Waals surface area contributed by atoms with Gasteiger partial charge in [-0.1, -0.05) is 42.5 Å². The van der Waals surface area contributed by atoms with Gasteiger partial charge in [-0.2, -0.15) is 0 Å². The highest BCUT2D eigenvalue weighted by Crippen LogP contribution is 2.59. The fourth-order valence-corrected chi connectivity index (χ4v) is 5.67. The van der Waals surface area contributed by atoms with E-state index in [9.17, 15) is 9.90 Å². The molecule has 0 radical (unpaired) electrons. The number of fused-ring (bicyclic) bond motifs is 2. The van der Waals surface area contributed by atoms with Crippen LogP contribution in [0.15, 0.2) is 54.6 Å². The molecule has 0 bridgehead atoms. The predicted molar refractivity (Wildman–Crippen MR) is 139 cm³/mol. The summed E-state index contributed by atoms with van der Waals surface area (Å²) in [5.74, 6) is 0.960. The molecule has 1 spiro atoms. The Morgan fingerprint density at radius 2 is 1.95 bits per heavy atom. The first-order chi connectivity index (χ1) is 18.0. The lowest BCUT2D eigenvalue weighted by Gasteiger charge is -2.29. The zero-order chi connectivity index (χ0) is 25.6. The van der Waals surface area contributed by atoms with Crippen molar-refractivity contribution >= 4 is 11.8 Å². The molecule has 1 saturated carbocycles. The predicted octanol–water partition coefficient (Wildman–Crippen LogP) is 3.16. The van der Waals surface area contributed by atoms with E-state index < -0.39 is 18.2 Å². The second kappa shape index (κ2) is 9.48. The van der Waals surface area contributed by atoms with Crippen LogP contribution in [-0.2, 0) is 10.2 Å². The molecule has 2 heterocycles. The number of aliphatic hydroxyl groups excluding tert-OH is 1. The van der Waals surface area contributed by atoms with Gasteiger partial charge >= 0.3 is 6.03 Å². The number of amides is 2. The van der Waals surface area contributed by atoms with Crippen molar-refractivity contribution in [2.24, 2.45) is 0 Å². The van der Waals surface area contributed by atoms with Crippen molar-refractivity contribution in [1.82, 2.24) is 20.0 Å². The smallest absolute Gasteiger partial charge is 0.320 e. The van der Waals surface area contributed by atoms with Crippen LogP contribution >= 0.6 is 0 Å². The van der Waals surface area contributed by atoms with Gasteiger partial charge in [0.05, 0.1) is 30.0 Å². The van der Waals surface area contributed by atoms with Crippen LogP contribution in [0.3, 0.4) is 0 Å². The van der Waals surface area contributed by atoms with E-state index >= 15 is 0 Å². The molecule has 1 unspecified atom stereocenters. The van der Waals surface area contributed by atoms with Crippen LogP contribution < -0.4 is 15.4 Å². The molecule has 3 atom stereocenters. The number of carbonyl (C=O) groups is 1. The van der Waals surface area contributed by atoms with E-state index in [0.717, 1.165) is 42.7 Å². The maximum Gasteiger partial charge on any atom is 0.320 e. The van der Waals surface area contributed by atoms with Crippen LogP contribution in [0.5, 0.6) is 5.88 Å². The van der Waals surface area contributed by atoms with Crippen molar-refractivity contribution in [2.45, 2.75) is 43.4 Å². The number of rotatable bonds is 6. The van der Waals surface area contributed by atoms with Crippen LogP contribution in [0.4, 0.5) is 10.6 Å². The van der Waals surface area contributed by atoms with Crippen LogP contribution in [0.25, 0.3) is 5.69 Å². The summed E-state index contributed by atoms with van der Waals surface area (Å²) in [5, 5.41) is 21.8. The molecular weight excluding hydrogens is 470 g/mol. The van der Waals surface area contributed by atoms with Gasteiger partial charge in [-0.15, -0.1) is 5.10 Å². The van der Waals surface area contributed by atoms with Crippen molar-refractivity contribution in [3.05, 3.63) is 71.3 Å². The number of morpholine rings is 1. The molecule has 2 fully saturated rings. The lowest BCUT2D eigenvalue weighted by Crippen LogP contribution is -2.42. The largest absolute Gasteiger partial charge is 0.474 e. The number of anilines is 1. The molecule has 37 heavy (non-hydrogen) atoms. The molecule has 2 aliphatic carbocycles. The van der Waals surface area contributed by atoms with Gasteiger partial charge in [-0.3, -0.25) is 5.32 Å². The van der Waals surface area contributed by atoms with Gasteiger partial charge in [0.25, 0.3) is 0 Å². The molecule has 9 nitrogen and oxygen atoms in total. The van der Waals surface area contributed by atoms with E-state index in [1.807, 2.05) is 55.5 Å². The summed E-state index contributed by atoms with van der Waals surface area (Å²) < 4.78 is 13.6.